The van der Waals surface area contributed by atoms with Crippen LogP contribution in [0.3, 0.4) is 0 Å². The molecule has 0 aliphatic carbocycles. The van der Waals surface area contributed by atoms with Gasteiger partial charge in [0.2, 0.25) is 0 Å². The van der Waals surface area contributed by atoms with Crippen molar-refractivity contribution in [2.45, 2.75) is 6.42 Å². The molecule has 0 spiro atoms. The summed E-state index contributed by atoms with van der Waals surface area (Å²) in [5.74, 6) is -0.199. The van der Waals surface area contributed by atoms with Crippen molar-refractivity contribution in [2.75, 3.05) is 6.54 Å². The van der Waals surface area contributed by atoms with Crippen LogP contribution in [-0.4, -0.2) is 16.1 Å². The number of aromatic nitrogens is 2. The molecule has 1 heterocycles. The Morgan fingerprint density at radius 1 is 1.17 bits per heavy atom. The fourth-order valence-corrected chi connectivity index (χ4v) is 2.98. The van der Waals surface area contributed by atoms with Gasteiger partial charge in [-0.05, 0) is 36.9 Å². The first-order valence-electron chi connectivity index (χ1n) is 6.88. The fraction of sp³-hybridized carbons (Fsp3) is 0.125. The maximum atomic E-state index is 14.1. The summed E-state index contributed by atoms with van der Waals surface area (Å²) in [4.78, 5) is 17.2. The van der Waals surface area contributed by atoms with Crippen molar-refractivity contribution >= 4 is 34.1 Å². The van der Waals surface area contributed by atoms with E-state index < -0.39 is 11.4 Å². The molecule has 0 aliphatic rings. The maximum Gasteiger partial charge on any atom is 0.268 e. The van der Waals surface area contributed by atoms with Crippen molar-refractivity contribution in [1.29, 1.82) is 0 Å². The average molecular weight is 352 g/mol. The molecule has 1 aromatic heterocycles. The SMILES string of the molecule is NCCc1nc2cccc(F)c2c(=O)n1-c1cc(Cl)cc(Cl)c1. The van der Waals surface area contributed by atoms with E-state index in [0.29, 0.717) is 40.0 Å². The molecule has 2 aromatic carbocycles. The number of rotatable bonds is 3. The van der Waals surface area contributed by atoms with Crippen LogP contribution >= 0.6 is 23.2 Å². The number of benzene rings is 2. The highest BCUT2D eigenvalue weighted by Gasteiger charge is 2.15. The smallest absolute Gasteiger partial charge is 0.268 e. The van der Waals surface area contributed by atoms with E-state index in [1.165, 1.54) is 16.7 Å². The number of hydrogen-bond acceptors (Lipinski definition) is 3. The van der Waals surface area contributed by atoms with Crippen LogP contribution in [0.15, 0.2) is 41.2 Å². The quantitative estimate of drug-likeness (QED) is 0.787. The largest absolute Gasteiger partial charge is 0.330 e. The van der Waals surface area contributed by atoms with Crippen LogP contribution in [0.4, 0.5) is 4.39 Å². The fourth-order valence-electron chi connectivity index (χ4n) is 2.47. The molecule has 0 fully saturated rings. The summed E-state index contributed by atoms with van der Waals surface area (Å²) in [5, 5.41) is 0.655. The molecule has 0 aliphatic heterocycles. The molecule has 3 aromatic rings. The van der Waals surface area contributed by atoms with Gasteiger partial charge < -0.3 is 5.73 Å². The molecule has 0 saturated heterocycles. The lowest BCUT2D eigenvalue weighted by molar-refractivity contribution is 0.636. The summed E-state index contributed by atoms with van der Waals surface area (Å²) in [6, 6.07) is 9.02. The predicted molar refractivity (Wildman–Crippen MR) is 90.1 cm³/mol. The Morgan fingerprint density at radius 3 is 2.52 bits per heavy atom. The Hall–Kier alpha value is -1.95. The average Bonchev–Trinajstić information content (AvgIpc) is 2.46. The number of halogens is 3. The van der Waals surface area contributed by atoms with Crippen LogP contribution in [0, 0.1) is 5.82 Å². The minimum Gasteiger partial charge on any atom is -0.330 e. The van der Waals surface area contributed by atoms with E-state index in [9.17, 15) is 9.18 Å². The van der Waals surface area contributed by atoms with Gasteiger partial charge in [-0.25, -0.2) is 9.37 Å². The molecular weight excluding hydrogens is 340 g/mol. The molecule has 0 radical (unpaired) electrons. The van der Waals surface area contributed by atoms with E-state index in [1.807, 2.05) is 0 Å². The van der Waals surface area contributed by atoms with Gasteiger partial charge in [0.15, 0.2) is 0 Å². The second-order valence-corrected chi connectivity index (χ2v) is 5.84. The van der Waals surface area contributed by atoms with Gasteiger partial charge in [0.25, 0.3) is 5.56 Å². The van der Waals surface area contributed by atoms with Crippen molar-refractivity contribution in [3.8, 4) is 5.69 Å². The Labute approximate surface area is 141 Å². The molecule has 23 heavy (non-hydrogen) atoms. The molecule has 7 heteroatoms. The lowest BCUT2D eigenvalue weighted by atomic mass is 10.2. The number of nitrogens with zero attached hydrogens (tertiary/aromatic N) is 2. The summed E-state index contributed by atoms with van der Waals surface area (Å²) in [6.45, 7) is 0.293. The lowest BCUT2D eigenvalue weighted by Crippen LogP contribution is -2.26. The van der Waals surface area contributed by atoms with Gasteiger partial charge in [-0.3, -0.25) is 9.36 Å². The summed E-state index contributed by atoms with van der Waals surface area (Å²) >= 11 is 12.0. The third-order valence-corrected chi connectivity index (χ3v) is 3.83. The molecule has 3 rings (SSSR count). The Kier molecular flexibility index (Phi) is 4.35. The third kappa shape index (κ3) is 2.95. The van der Waals surface area contributed by atoms with Gasteiger partial charge in [0, 0.05) is 16.5 Å². The van der Waals surface area contributed by atoms with E-state index in [-0.39, 0.29) is 5.39 Å². The molecule has 0 amide bonds. The number of fused-ring (bicyclic) bond motifs is 1. The van der Waals surface area contributed by atoms with Gasteiger partial charge in [-0.15, -0.1) is 0 Å². The van der Waals surface area contributed by atoms with E-state index in [4.69, 9.17) is 28.9 Å². The van der Waals surface area contributed by atoms with Crippen LogP contribution in [-0.2, 0) is 6.42 Å². The summed E-state index contributed by atoms with van der Waals surface area (Å²) < 4.78 is 15.4. The second-order valence-electron chi connectivity index (χ2n) is 4.97. The minimum atomic E-state index is -0.624. The van der Waals surface area contributed by atoms with Crippen molar-refractivity contribution in [1.82, 2.24) is 9.55 Å². The van der Waals surface area contributed by atoms with Crippen LogP contribution in [0.2, 0.25) is 10.0 Å². The molecule has 0 bridgehead atoms. The van der Waals surface area contributed by atoms with E-state index in [2.05, 4.69) is 4.98 Å². The van der Waals surface area contributed by atoms with Crippen LogP contribution in [0.25, 0.3) is 16.6 Å². The maximum absolute atomic E-state index is 14.1. The lowest BCUT2D eigenvalue weighted by Gasteiger charge is -2.14. The molecule has 0 unspecified atom stereocenters. The van der Waals surface area contributed by atoms with Crippen molar-refractivity contribution < 1.29 is 4.39 Å². The van der Waals surface area contributed by atoms with Gasteiger partial charge in [0.05, 0.1) is 11.2 Å². The summed E-state index contributed by atoms with van der Waals surface area (Å²) in [6.07, 6.45) is 0.353. The van der Waals surface area contributed by atoms with E-state index >= 15 is 0 Å². The van der Waals surface area contributed by atoms with Crippen LogP contribution in [0.1, 0.15) is 5.82 Å². The Balaban J connectivity index is 2.42. The molecule has 2 N–H and O–H groups in total. The first-order chi connectivity index (χ1) is 11.0. The highest BCUT2D eigenvalue weighted by molar-refractivity contribution is 6.34. The summed E-state index contributed by atoms with van der Waals surface area (Å²) in [5.41, 5.74) is 5.81. The zero-order chi connectivity index (χ0) is 16.6. The Bertz CT molecular complexity index is 936. The highest BCUT2D eigenvalue weighted by atomic mass is 35.5. The normalized spacial score (nSPS) is 11.1. The first kappa shape index (κ1) is 15.9. The number of hydrogen-bond donors (Lipinski definition) is 1. The molecular formula is C16H12Cl2FN3O. The summed E-state index contributed by atoms with van der Waals surface area (Å²) in [7, 11) is 0. The molecule has 4 nitrogen and oxygen atoms in total. The van der Waals surface area contributed by atoms with E-state index in [0.717, 1.165) is 0 Å². The zero-order valence-corrected chi connectivity index (χ0v) is 13.4. The van der Waals surface area contributed by atoms with Crippen LogP contribution < -0.4 is 11.3 Å². The van der Waals surface area contributed by atoms with E-state index in [1.54, 1.807) is 24.3 Å². The molecule has 118 valence electrons. The van der Waals surface area contributed by atoms with Crippen molar-refractivity contribution in [3.05, 3.63) is 68.4 Å². The number of nitrogens with two attached hydrogens (primary N) is 1. The van der Waals surface area contributed by atoms with Gasteiger partial charge in [0.1, 0.15) is 17.0 Å². The Morgan fingerprint density at radius 2 is 1.87 bits per heavy atom. The highest BCUT2D eigenvalue weighted by Crippen LogP contribution is 2.23. The van der Waals surface area contributed by atoms with Gasteiger partial charge in [-0.1, -0.05) is 29.3 Å². The monoisotopic (exact) mass is 351 g/mol. The van der Waals surface area contributed by atoms with Crippen molar-refractivity contribution in [3.63, 3.8) is 0 Å². The molecule has 0 atom stereocenters. The predicted octanol–water partition coefficient (Wildman–Crippen LogP) is 3.33. The zero-order valence-electron chi connectivity index (χ0n) is 11.9. The standard InChI is InChI=1S/C16H12Cl2FN3O/c17-9-6-10(18)8-11(7-9)22-14(4-5-20)21-13-3-1-2-12(19)15(13)16(22)23/h1-3,6-8H,4-5,20H2. The van der Waals surface area contributed by atoms with Crippen LogP contribution in [0.5, 0.6) is 0 Å². The molecule has 0 saturated carbocycles. The van der Waals surface area contributed by atoms with Gasteiger partial charge in [-0.2, -0.15) is 0 Å². The van der Waals surface area contributed by atoms with Gasteiger partial charge >= 0.3 is 0 Å². The third-order valence-electron chi connectivity index (χ3n) is 3.39. The second kappa shape index (κ2) is 6.28. The topological polar surface area (TPSA) is 60.9 Å². The first-order valence-corrected chi connectivity index (χ1v) is 7.63. The van der Waals surface area contributed by atoms with Crippen molar-refractivity contribution in [2.24, 2.45) is 5.73 Å². The minimum absolute atomic E-state index is 0.0793.